The van der Waals surface area contributed by atoms with E-state index < -0.39 is 12.0 Å². The first-order valence-electron chi connectivity index (χ1n) is 8.14. The van der Waals surface area contributed by atoms with E-state index in [1.807, 2.05) is 25.1 Å². The second kappa shape index (κ2) is 8.33. The van der Waals surface area contributed by atoms with Crippen LogP contribution in [-0.2, 0) is 27.3 Å². The van der Waals surface area contributed by atoms with Crippen LogP contribution in [0, 0.1) is 0 Å². The smallest absolute Gasteiger partial charge is 0.325 e. The van der Waals surface area contributed by atoms with Gasteiger partial charge in [-0.1, -0.05) is 19.1 Å². The third-order valence-electron chi connectivity index (χ3n) is 3.79. The molecule has 2 N–H and O–H groups in total. The van der Waals surface area contributed by atoms with Crippen molar-refractivity contribution in [2.24, 2.45) is 0 Å². The van der Waals surface area contributed by atoms with Gasteiger partial charge in [-0.05, 0) is 30.5 Å². The Hall–Kier alpha value is -2.57. The number of ether oxygens (including phenoxy) is 1. The predicted octanol–water partition coefficient (Wildman–Crippen LogP) is 1.35. The Morgan fingerprint density at radius 2 is 2.00 bits per heavy atom. The molecule has 0 atom stereocenters. The molecule has 0 saturated carbocycles. The summed E-state index contributed by atoms with van der Waals surface area (Å²) in [6.07, 6.45) is 1.31. The average Bonchev–Trinajstić information content (AvgIpc) is 3.01. The van der Waals surface area contributed by atoms with Gasteiger partial charge in [0.15, 0.2) is 0 Å². The molecule has 0 radical (unpaired) electrons. The fraction of sp³-hybridized carbons (Fsp3) is 0.471. The van der Waals surface area contributed by atoms with E-state index in [4.69, 9.17) is 4.74 Å². The normalized spacial score (nSPS) is 12.5. The molecule has 1 heterocycles. The molecule has 0 saturated heterocycles. The van der Waals surface area contributed by atoms with Crippen molar-refractivity contribution in [3.63, 3.8) is 0 Å². The van der Waals surface area contributed by atoms with Crippen LogP contribution in [0.15, 0.2) is 18.2 Å². The van der Waals surface area contributed by atoms with E-state index in [1.54, 1.807) is 11.8 Å². The van der Waals surface area contributed by atoms with Gasteiger partial charge in [0.2, 0.25) is 5.91 Å². The highest BCUT2D eigenvalue weighted by Crippen LogP contribution is 2.29. The molecule has 1 aliphatic rings. The standard InChI is InChI=1S/C17H23N3O4/c1-3-15(21)20-8-7-13-9-12(5-6-14(13)20)10-18-17(23)19-11-16(22)24-4-2/h5-6,9H,3-4,7-8,10-11H2,1-2H3,(H2,18,19,23). The molecule has 0 unspecified atom stereocenters. The Balaban J connectivity index is 1.85. The van der Waals surface area contributed by atoms with Crippen LogP contribution >= 0.6 is 0 Å². The van der Waals surface area contributed by atoms with Gasteiger partial charge in [-0.3, -0.25) is 9.59 Å². The molecule has 3 amide bonds. The van der Waals surface area contributed by atoms with Crippen LogP contribution < -0.4 is 15.5 Å². The molecule has 0 aromatic heterocycles. The molecule has 0 fully saturated rings. The van der Waals surface area contributed by atoms with Crippen LogP contribution in [0.5, 0.6) is 0 Å². The van der Waals surface area contributed by atoms with Gasteiger partial charge in [-0.15, -0.1) is 0 Å². The number of carbonyl (C=O) groups excluding carboxylic acids is 3. The molecule has 0 aliphatic carbocycles. The van der Waals surface area contributed by atoms with Gasteiger partial charge >= 0.3 is 12.0 Å². The van der Waals surface area contributed by atoms with E-state index in [-0.39, 0.29) is 19.1 Å². The fourth-order valence-corrected chi connectivity index (χ4v) is 2.62. The van der Waals surface area contributed by atoms with Crippen molar-refractivity contribution in [1.82, 2.24) is 10.6 Å². The molecular formula is C17H23N3O4. The minimum Gasteiger partial charge on any atom is -0.465 e. The highest BCUT2D eigenvalue weighted by Gasteiger charge is 2.23. The summed E-state index contributed by atoms with van der Waals surface area (Å²) in [5, 5.41) is 5.14. The summed E-state index contributed by atoms with van der Waals surface area (Å²) in [6.45, 7) is 4.75. The van der Waals surface area contributed by atoms with Crippen molar-refractivity contribution in [3.05, 3.63) is 29.3 Å². The Bertz CT molecular complexity index is 630. The number of hydrogen-bond donors (Lipinski definition) is 2. The molecular weight excluding hydrogens is 310 g/mol. The number of urea groups is 1. The van der Waals surface area contributed by atoms with Crippen LogP contribution in [0.3, 0.4) is 0 Å². The molecule has 0 spiro atoms. The fourth-order valence-electron chi connectivity index (χ4n) is 2.62. The van der Waals surface area contributed by atoms with Crippen LogP contribution in [0.2, 0.25) is 0 Å². The Kier molecular flexibility index (Phi) is 6.17. The molecule has 1 aliphatic heterocycles. The molecule has 0 bridgehead atoms. The first-order valence-corrected chi connectivity index (χ1v) is 8.14. The van der Waals surface area contributed by atoms with Crippen molar-refractivity contribution in [3.8, 4) is 0 Å². The summed E-state index contributed by atoms with van der Waals surface area (Å²) in [5.41, 5.74) is 3.02. The third kappa shape index (κ3) is 4.47. The topological polar surface area (TPSA) is 87.7 Å². The van der Waals surface area contributed by atoms with Gasteiger partial charge in [-0.25, -0.2) is 4.79 Å². The Morgan fingerprint density at radius 3 is 2.71 bits per heavy atom. The van der Waals surface area contributed by atoms with E-state index in [9.17, 15) is 14.4 Å². The lowest BCUT2D eigenvalue weighted by Crippen LogP contribution is -2.38. The summed E-state index contributed by atoms with van der Waals surface area (Å²) >= 11 is 0. The molecule has 1 aromatic carbocycles. The van der Waals surface area contributed by atoms with E-state index in [0.717, 1.165) is 23.2 Å². The lowest BCUT2D eigenvalue weighted by molar-refractivity contribution is -0.141. The van der Waals surface area contributed by atoms with Gasteiger partial charge in [0.25, 0.3) is 0 Å². The molecule has 130 valence electrons. The molecule has 7 heteroatoms. The monoisotopic (exact) mass is 333 g/mol. The van der Waals surface area contributed by atoms with Crippen molar-refractivity contribution < 1.29 is 19.1 Å². The number of amides is 3. The molecule has 7 nitrogen and oxygen atoms in total. The average molecular weight is 333 g/mol. The summed E-state index contributed by atoms with van der Waals surface area (Å²) in [4.78, 5) is 36.5. The van der Waals surface area contributed by atoms with Crippen molar-refractivity contribution >= 4 is 23.6 Å². The Labute approximate surface area is 141 Å². The van der Waals surface area contributed by atoms with Gasteiger partial charge in [0.05, 0.1) is 6.61 Å². The number of nitrogens with zero attached hydrogens (tertiary/aromatic N) is 1. The zero-order valence-corrected chi connectivity index (χ0v) is 14.1. The lowest BCUT2D eigenvalue weighted by atomic mass is 10.1. The van der Waals surface area contributed by atoms with Crippen LogP contribution in [-0.4, -0.2) is 37.6 Å². The number of anilines is 1. The second-order valence-corrected chi connectivity index (χ2v) is 5.45. The minimum absolute atomic E-state index is 0.123. The number of rotatable bonds is 6. The van der Waals surface area contributed by atoms with E-state index in [2.05, 4.69) is 10.6 Å². The minimum atomic E-state index is -0.467. The van der Waals surface area contributed by atoms with Crippen molar-refractivity contribution in [2.45, 2.75) is 33.2 Å². The summed E-state index contributed by atoms with van der Waals surface area (Å²) in [7, 11) is 0. The number of nitrogens with one attached hydrogen (secondary N) is 2. The van der Waals surface area contributed by atoms with Gasteiger partial charge in [-0.2, -0.15) is 0 Å². The number of fused-ring (bicyclic) bond motifs is 1. The van der Waals surface area contributed by atoms with Crippen LogP contribution in [0.4, 0.5) is 10.5 Å². The van der Waals surface area contributed by atoms with Crippen molar-refractivity contribution in [1.29, 1.82) is 0 Å². The summed E-state index contributed by atoms with van der Waals surface area (Å²) < 4.78 is 4.73. The van der Waals surface area contributed by atoms with E-state index in [1.165, 1.54) is 0 Å². The van der Waals surface area contributed by atoms with Gasteiger partial charge in [0.1, 0.15) is 6.54 Å². The highest BCUT2D eigenvalue weighted by atomic mass is 16.5. The van der Waals surface area contributed by atoms with E-state index >= 15 is 0 Å². The van der Waals surface area contributed by atoms with Crippen LogP contribution in [0.1, 0.15) is 31.4 Å². The van der Waals surface area contributed by atoms with Crippen molar-refractivity contribution in [2.75, 3.05) is 24.6 Å². The molecule has 24 heavy (non-hydrogen) atoms. The maximum Gasteiger partial charge on any atom is 0.325 e. The van der Waals surface area contributed by atoms with Gasteiger partial charge in [0, 0.05) is 25.2 Å². The number of carbonyl (C=O) groups is 3. The largest absolute Gasteiger partial charge is 0.465 e. The first kappa shape index (κ1) is 17.8. The summed E-state index contributed by atoms with van der Waals surface area (Å²) in [5.74, 6) is -0.344. The van der Waals surface area contributed by atoms with E-state index in [0.29, 0.717) is 19.5 Å². The first-order chi connectivity index (χ1) is 11.5. The predicted molar refractivity (Wildman–Crippen MR) is 89.7 cm³/mol. The lowest BCUT2D eigenvalue weighted by Gasteiger charge is -2.16. The molecule has 2 rings (SSSR count). The molecule has 1 aromatic rings. The zero-order valence-electron chi connectivity index (χ0n) is 14.1. The summed E-state index contributed by atoms with van der Waals surface area (Å²) in [6, 6.07) is 5.39. The highest BCUT2D eigenvalue weighted by molar-refractivity contribution is 5.95. The quantitative estimate of drug-likeness (QED) is 0.769. The SMILES string of the molecule is CCOC(=O)CNC(=O)NCc1ccc2c(c1)CCN2C(=O)CC. The number of benzene rings is 1. The Morgan fingerprint density at radius 1 is 1.21 bits per heavy atom. The van der Waals surface area contributed by atoms with Crippen LogP contribution in [0.25, 0.3) is 0 Å². The maximum atomic E-state index is 11.9. The maximum absolute atomic E-state index is 11.9. The third-order valence-corrected chi connectivity index (χ3v) is 3.79. The second-order valence-electron chi connectivity index (χ2n) is 5.45. The zero-order chi connectivity index (χ0) is 17.5. The number of esters is 1. The van der Waals surface area contributed by atoms with Gasteiger partial charge < -0.3 is 20.3 Å². The number of hydrogen-bond acceptors (Lipinski definition) is 4.